The van der Waals surface area contributed by atoms with Crippen molar-refractivity contribution in [1.82, 2.24) is 15.6 Å². The first-order valence-electron chi connectivity index (χ1n) is 8.37. The summed E-state index contributed by atoms with van der Waals surface area (Å²) in [4.78, 5) is 8.92. The van der Waals surface area contributed by atoms with Gasteiger partial charge in [0.1, 0.15) is 5.75 Å². The molecule has 2 rings (SSSR count). The molecule has 1 heterocycles. The summed E-state index contributed by atoms with van der Waals surface area (Å²) in [6.07, 6.45) is 0.166. The van der Waals surface area contributed by atoms with Gasteiger partial charge in [-0.05, 0) is 31.5 Å². The predicted octanol–water partition coefficient (Wildman–Crippen LogP) is 2.91. The second kappa shape index (κ2) is 12.1. The highest BCUT2D eigenvalue weighted by atomic mass is 127. The Morgan fingerprint density at radius 3 is 2.85 bits per heavy atom. The van der Waals surface area contributed by atoms with E-state index in [1.54, 1.807) is 18.4 Å². The molecule has 6 nitrogen and oxygen atoms in total. The maximum atomic E-state index is 10.3. The van der Waals surface area contributed by atoms with E-state index in [0.717, 1.165) is 41.5 Å². The number of halogens is 1. The molecule has 1 aromatic carbocycles. The number of aliphatic hydroxyl groups excluding tert-OH is 1. The number of hydrogen-bond acceptors (Lipinski definition) is 5. The van der Waals surface area contributed by atoms with Gasteiger partial charge in [-0.1, -0.05) is 12.1 Å². The fourth-order valence-corrected chi connectivity index (χ4v) is 2.95. The highest BCUT2D eigenvalue weighted by Gasteiger charge is 2.08. The Balaban J connectivity index is 0.00000338. The van der Waals surface area contributed by atoms with E-state index in [2.05, 4.69) is 26.0 Å². The lowest BCUT2D eigenvalue weighted by Crippen LogP contribution is -2.38. The monoisotopic (exact) mass is 490 g/mol. The molecule has 0 fully saturated rings. The van der Waals surface area contributed by atoms with Crippen molar-refractivity contribution in [2.45, 2.75) is 26.4 Å². The third-order valence-corrected chi connectivity index (χ3v) is 4.41. The van der Waals surface area contributed by atoms with Crippen LogP contribution >= 0.6 is 35.3 Å². The predicted molar refractivity (Wildman–Crippen MR) is 118 cm³/mol. The number of nitrogens with one attached hydrogen (secondary N) is 2. The quantitative estimate of drug-likeness (QED) is 0.302. The zero-order chi connectivity index (χ0) is 18.1. The molecule has 0 aliphatic carbocycles. The molecule has 1 atom stereocenters. The van der Waals surface area contributed by atoms with Gasteiger partial charge in [-0.2, -0.15) is 0 Å². The van der Waals surface area contributed by atoms with Gasteiger partial charge >= 0.3 is 0 Å². The van der Waals surface area contributed by atoms with Crippen LogP contribution in [0.25, 0.3) is 0 Å². The highest BCUT2D eigenvalue weighted by Crippen LogP contribution is 2.19. The van der Waals surface area contributed by atoms with Gasteiger partial charge in [0.2, 0.25) is 0 Å². The molecule has 0 bridgehead atoms. The first-order valence-corrected chi connectivity index (χ1v) is 9.25. The molecule has 0 amide bonds. The van der Waals surface area contributed by atoms with E-state index in [9.17, 15) is 5.11 Å². The Hall–Kier alpha value is -1.39. The van der Waals surface area contributed by atoms with Crippen molar-refractivity contribution in [2.24, 2.45) is 4.99 Å². The first-order chi connectivity index (χ1) is 12.1. The van der Waals surface area contributed by atoms with Crippen LogP contribution in [-0.4, -0.2) is 42.8 Å². The number of nitrogens with zero attached hydrogens (tertiary/aromatic N) is 2. The van der Waals surface area contributed by atoms with Gasteiger partial charge in [-0.15, -0.1) is 35.3 Å². The number of ether oxygens (including phenoxy) is 1. The summed E-state index contributed by atoms with van der Waals surface area (Å²) in [7, 11) is 1.61. The van der Waals surface area contributed by atoms with Gasteiger partial charge in [0.05, 0.1) is 30.5 Å². The van der Waals surface area contributed by atoms with E-state index >= 15 is 0 Å². The van der Waals surface area contributed by atoms with Gasteiger partial charge < -0.3 is 20.5 Å². The fourth-order valence-electron chi connectivity index (χ4n) is 2.31. The number of rotatable bonds is 8. The smallest absolute Gasteiger partial charge is 0.191 e. The standard InChI is InChI=1S/C18H26N4O2S.HI/c1-4-19-18(20-9-8-15-12-25-13(2)22-15)21-11-17(23)14-6-5-7-16(10-14)24-3;/h5-7,10,12,17,23H,4,8-9,11H2,1-3H3,(H2,19,20,21);1H. The molecule has 1 aromatic heterocycles. The van der Waals surface area contributed by atoms with E-state index in [0.29, 0.717) is 5.96 Å². The Bertz CT molecular complexity index is 693. The minimum Gasteiger partial charge on any atom is -0.497 e. The van der Waals surface area contributed by atoms with E-state index in [1.807, 2.05) is 38.1 Å². The number of aliphatic hydroxyl groups is 1. The van der Waals surface area contributed by atoms with Gasteiger partial charge in [0, 0.05) is 24.9 Å². The largest absolute Gasteiger partial charge is 0.497 e. The molecule has 0 radical (unpaired) electrons. The maximum Gasteiger partial charge on any atom is 0.191 e. The van der Waals surface area contributed by atoms with Crippen LogP contribution in [0.5, 0.6) is 5.75 Å². The molecule has 0 saturated heterocycles. The first kappa shape index (κ1) is 22.7. The van der Waals surface area contributed by atoms with Crippen LogP contribution in [0.4, 0.5) is 0 Å². The summed E-state index contributed by atoms with van der Waals surface area (Å²) in [6.45, 7) is 5.80. The fraction of sp³-hybridized carbons (Fsp3) is 0.444. The van der Waals surface area contributed by atoms with Crippen molar-refractivity contribution in [3.8, 4) is 5.75 Å². The number of benzene rings is 1. The molecule has 0 saturated carbocycles. The zero-order valence-electron chi connectivity index (χ0n) is 15.4. The minimum absolute atomic E-state index is 0. The highest BCUT2D eigenvalue weighted by molar-refractivity contribution is 14.0. The third-order valence-electron chi connectivity index (χ3n) is 3.59. The normalized spacial score (nSPS) is 12.2. The van der Waals surface area contributed by atoms with Crippen LogP contribution in [0.1, 0.15) is 29.3 Å². The molecule has 1 unspecified atom stereocenters. The molecule has 0 spiro atoms. The van der Waals surface area contributed by atoms with Crippen LogP contribution in [0, 0.1) is 6.92 Å². The molecule has 0 aliphatic rings. The van der Waals surface area contributed by atoms with Gasteiger partial charge in [0.15, 0.2) is 5.96 Å². The van der Waals surface area contributed by atoms with E-state index < -0.39 is 6.10 Å². The molecule has 3 N–H and O–H groups in total. The molecular weight excluding hydrogens is 463 g/mol. The number of methoxy groups -OCH3 is 1. The molecule has 26 heavy (non-hydrogen) atoms. The van der Waals surface area contributed by atoms with Crippen LogP contribution in [0.3, 0.4) is 0 Å². The number of aryl methyl sites for hydroxylation is 1. The lowest BCUT2D eigenvalue weighted by molar-refractivity contribution is 0.186. The maximum absolute atomic E-state index is 10.3. The van der Waals surface area contributed by atoms with Crippen LogP contribution in [-0.2, 0) is 6.42 Å². The van der Waals surface area contributed by atoms with Crippen LogP contribution in [0.2, 0.25) is 0 Å². The molecule has 8 heteroatoms. The van der Waals surface area contributed by atoms with Crippen molar-refractivity contribution in [3.63, 3.8) is 0 Å². The molecule has 0 aliphatic heterocycles. The molecular formula is C18H27IN4O2S. The number of aliphatic imine (C=N–C) groups is 1. The van der Waals surface area contributed by atoms with Gasteiger partial charge in [0.25, 0.3) is 0 Å². The lowest BCUT2D eigenvalue weighted by atomic mass is 10.1. The summed E-state index contributed by atoms with van der Waals surface area (Å²) in [5, 5.41) is 20.0. The number of hydrogen-bond donors (Lipinski definition) is 3. The van der Waals surface area contributed by atoms with E-state index in [-0.39, 0.29) is 30.5 Å². The summed E-state index contributed by atoms with van der Waals surface area (Å²) in [5.41, 5.74) is 1.87. The zero-order valence-corrected chi connectivity index (χ0v) is 18.5. The second-order valence-corrected chi connectivity index (χ2v) is 6.61. The average molecular weight is 490 g/mol. The SMILES string of the molecule is CCNC(=NCC(O)c1cccc(OC)c1)NCCc1csc(C)n1.I. The number of guanidine groups is 1. The Morgan fingerprint density at radius 2 is 2.19 bits per heavy atom. The average Bonchev–Trinajstić information content (AvgIpc) is 3.04. The Kier molecular flexibility index (Phi) is 10.5. The molecule has 2 aromatic rings. The van der Waals surface area contributed by atoms with Crippen molar-refractivity contribution in [2.75, 3.05) is 26.7 Å². The summed E-state index contributed by atoms with van der Waals surface area (Å²) in [5.74, 6) is 1.42. The van der Waals surface area contributed by atoms with E-state index in [1.165, 1.54) is 0 Å². The topological polar surface area (TPSA) is 78.8 Å². The van der Waals surface area contributed by atoms with Crippen molar-refractivity contribution in [1.29, 1.82) is 0 Å². The van der Waals surface area contributed by atoms with Crippen molar-refractivity contribution < 1.29 is 9.84 Å². The van der Waals surface area contributed by atoms with Crippen LogP contribution < -0.4 is 15.4 Å². The van der Waals surface area contributed by atoms with Gasteiger partial charge in [-0.3, -0.25) is 4.99 Å². The lowest BCUT2D eigenvalue weighted by Gasteiger charge is -2.13. The summed E-state index contributed by atoms with van der Waals surface area (Å²) in [6, 6.07) is 7.41. The summed E-state index contributed by atoms with van der Waals surface area (Å²) >= 11 is 1.66. The third kappa shape index (κ3) is 7.46. The molecule has 144 valence electrons. The summed E-state index contributed by atoms with van der Waals surface area (Å²) < 4.78 is 5.19. The Labute approximate surface area is 176 Å². The van der Waals surface area contributed by atoms with Crippen molar-refractivity contribution >= 4 is 41.3 Å². The minimum atomic E-state index is -0.674. The van der Waals surface area contributed by atoms with Gasteiger partial charge in [-0.25, -0.2) is 4.98 Å². The van der Waals surface area contributed by atoms with Crippen LogP contribution in [0.15, 0.2) is 34.6 Å². The second-order valence-electron chi connectivity index (χ2n) is 5.55. The van der Waals surface area contributed by atoms with E-state index in [4.69, 9.17) is 4.74 Å². The number of aromatic nitrogens is 1. The Morgan fingerprint density at radius 1 is 1.38 bits per heavy atom. The van der Waals surface area contributed by atoms with Crippen molar-refractivity contribution in [3.05, 3.63) is 45.9 Å². The number of thiazole rings is 1.